The van der Waals surface area contributed by atoms with Crippen LogP contribution in [0.1, 0.15) is 38.3 Å². The number of hydrogen-bond donors (Lipinski definition) is 1. The summed E-state index contributed by atoms with van der Waals surface area (Å²) in [6.07, 6.45) is 1.81. The van der Waals surface area contributed by atoms with Crippen LogP contribution in [0.25, 0.3) is 0 Å². The van der Waals surface area contributed by atoms with Crippen molar-refractivity contribution in [2.24, 2.45) is 0 Å². The fraction of sp³-hybridized carbons (Fsp3) is 0.462. The van der Waals surface area contributed by atoms with Crippen molar-refractivity contribution in [3.63, 3.8) is 0 Å². The fourth-order valence-corrected chi connectivity index (χ4v) is 1.96. The van der Waals surface area contributed by atoms with Crippen LogP contribution in [-0.2, 0) is 0 Å². The van der Waals surface area contributed by atoms with Gasteiger partial charge >= 0.3 is 0 Å². The molecule has 0 aliphatic carbocycles. The molecule has 1 unspecified atom stereocenters. The van der Waals surface area contributed by atoms with Gasteiger partial charge in [0.25, 0.3) is 0 Å². The van der Waals surface area contributed by atoms with Crippen molar-refractivity contribution in [3.05, 3.63) is 34.9 Å². The topological polar surface area (TPSA) is 27.1 Å². The molecule has 0 saturated heterocycles. The van der Waals surface area contributed by atoms with Crippen LogP contribution >= 0.6 is 11.6 Å². The van der Waals surface area contributed by atoms with E-state index in [1.807, 2.05) is 36.2 Å². The van der Waals surface area contributed by atoms with E-state index in [0.29, 0.717) is 5.84 Å². The van der Waals surface area contributed by atoms with Gasteiger partial charge in [-0.3, -0.25) is 5.41 Å². The molecule has 0 bridgehead atoms. The van der Waals surface area contributed by atoms with Crippen molar-refractivity contribution in [2.75, 3.05) is 7.05 Å². The number of rotatable bonds is 4. The Hall–Kier alpha value is -1.02. The smallest absolute Gasteiger partial charge is 0.0960 e. The minimum atomic E-state index is 0.146. The molecule has 0 aromatic heterocycles. The van der Waals surface area contributed by atoms with E-state index >= 15 is 0 Å². The third-order valence-electron chi connectivity index (χ3n) is 2.85. The molecule has 1 N–H and O–H groups in total. The summed E-state index contributed by atoms with van der Waals surface area (Å²) in [5.74, 6) is 0.662. The SMILES string of the molecule is CCCC(=N)N(C)C(C)c1ccccc1Cl. The van der Waals surface area contributed by atoms with Crippen LogP contribution in [0.2, 0.25) is 5.02 Å². The van der Waals surface area contributed by atoms with E-state index < -0.39 is 0 Å². The molecule has 16 heavy (non-hydrogen) atoms. The van der Waals surface area contributed by atoms with Gasteiger partial charge in [0.05, 0.1) is 11.9 Å². The molecule has 2 nitrogen and oxygen atoms in total. The number of nitrogens with one attached hydrogen (secondary N) is 1. The van der Waals surface area contributed by atoms with Gasteiger partial charge in [0.2, 0.25) is 0 Å². The Balaban J connectivity index is 2.82. The molecule has 88 valence electrons. The largest absolute Gasteiger partial charge is 0.357 e. The average Bonchev–Trinajstić information content (AvgIpc) is 2.28. The maximum atomic E-state index is 7.93. The third kappa shape index (κ3) is 2.99. The first kappa shape index (κ1) is 13.0. The number of halogens is 1. The van der Waals surface area contributed by atoms with Crippen LogP contribution in [0.5, 0.6) is 0 Å². The van der Waals surface area contributed by atoms with Gasteiger partial charge in [-0.25, -0.2) is 0 Å². The third-order valence-corrected chi connectivity index (χ3v) is 3.19. The van der Waals surface area contributed by atoms with Crippen molar-refractivity contribution in [3.8, 4) is 0 Å². The van der Waals surface area contributed by atoms with Crippen molar-refractivity contribution in [2.45, 2.75) is 32.7 Å². The molecular formula is C13H19ClN2. The summed E-state index contributed by atoms with van der Waals surface area (Å²) in [7, 11) is 1.95. The van der Waals surface area contributed by atoms with Crippen LogP contribution in [0, 0.1) is 5.41 Å². The van der Waals surface area contributed by atoms with Gasteiger partial charge in [-0.1, -0.05) is 36.7 Å². The number of benzene rings is 1. The predicted molar refractivity (Wildman–Crippen MR) is 70.3 cm³/mol. The number of amidine groups is 1. The molecule has 0 amide bonds. The standard InChI is InChI=1S/C13H19ClN2/c1-4-7-13(15)16(3)10(2)11-8-5-6-9-12(11)14/h5-6,8-10,15H,4,7H2,1-3H3. The fourth-order valence-electron chi connectivity index (χ4n) is 1.67. The number of hydrogen-bond acceptors (Lipinski definition) is 1. The highest BCUT2D eigenvalue weighted by Crippen LogP contribution is 2.26. The lowest BCUT2D eigenvalue weighted by atomic mass is 10.1. The maximum absolute atomic E-state index is 7.93. The van der Waals surface area contributed by atoms with E-state index in [2.05, 4.69) is 13.8 Å². The highest BCUT2D eigenvalue weighted by molar-refractivity contribution is 6.31. The zero-order chi connectivity index (χ0) is 12.1. The van der Waals surface area contributed by atoms with Gasteiger partial charge in [0.15, 0.2) is 0 Å². The summed E-state index contributed by atoms with van der Waals surface area (Å²) < 4.78 is 0. The Kier molecular flexibility index (Phi) is 4.81. The highest BCUT2D eigenvalue weighted by Gasteiger charge is 2.15. The monoisotopic (exact) mass is 238 g/mol. The average molecular weight is 239 g/mol. The van der Waals surface area contributed by atoms with Gasteiger partial charge in [-0.05, 0) is 25.0 Å². The highest BCUT2D eigenvalue weighted by atomic mass is 35.5. The Morgan fingerprint density at radius 2 is 2.06 bits per heavy atom. The molecule has 0 radical (unpaired) electrons. The van der Waals surface area contributed by atoms with E-state index in [0.717, 1.165) is 23.4 Å². The zero-order valence-electron chi connectivity index (χ0n) is 10.1. The minimum Gasteiger partial charge on any atom is -0.357 e. The summed E-state index contributed by atoms with van der Waals surface area (Å²) in [5, 5.41) is 8.70. The molecule has 0 aliphatic rings. The van der Waals surface area contributed by atoms with Gasteiger partial charge in [-0.2, -0.15) is 0 Å². The van der Waals surface area contributed by atoms with E-state index in [-0.39, 0.29) is 6.04 Å². The molecule has 0 fully saturated rings. The van der Waals surface area contributed by atoms with Gasteiger partial charge < -0.3 is 4.90 Å². The summed E-state index contributed by atoms with van der Waals surface area (Å²) in [6, 6.07) is 7.96. The maximum Gasteiger partial charge on any atom is 0.0960 e. The Bertz CT molecular complexity index is 363. The van der Waals surface area contributed by atoms with Crippen LogP contribution < -0.4 is 0 Å². The molecule has 1 atom stereocenters. The van der Waals surface area contributed by atoms with Crippen LogP contribution in [0.3, 0.4) is 0 Å². The molecule has 3 heteroatoms. The summed E-state index contributed by atoms with van der Waals surface area (Å²) >= 11 is 6.15. The first-order valence-corrected chi connectivity index (χ1v) is 6.00. The normalized spacial score (nSPS) is 12.2. The van der Waals surface area contributed by atoms with E-state index in [1.54, 1.807) is 0 Å². The predicted octanol–water partition coefficient (Wildman–Crippen LogP) is 4.11. The Labute approximate surface area is 103 Å². The summed E-state index contributed by atoms with van der Waals surface area (Å²) in [6.45, 7) is 4.16. The van der Waals surface area contributed by atoms with E-state index in [1.165, 1.54) is 0 Å². The van der Waals surface area contributed by atoms with E-state index in [4.69, 9.17) is 17.0 Å². The van der Waals surface area contributed by atoms with Crippen LogP contribution in [0.4, 0.5) is 0 Å². The lowest BCUT2D eigenvalue weighted by molar-refractivity contribution is 0.391. The Morgan fingerprint density at radius 3 is 2.62 bits per heavy atom. The molecule has 0 saturated carbocycles. The molecular weight excluding hydrogens is 220 g/mol. The molecule has 0 aliphatic heterocycles. The molecule has 1 rings (SSSR count). The zero-order valence-corrected chi connectivity index (χ0v) is 10.9. The number of nitrogens with zero attached hydrogens (tertiary/aromatic N) is 1. The summed E-state index contributed by atoms with van der Waals surface area (Å²) in [4.78, 5) is 1.98. The van der Waals surface area contributed by atoms with Crippen molar-refractivity contribution >= 4 is 17.4 Å². The first-order valence-electron chi connectivity index (χ1n) is 5.62. The second-order valence-corrected chi connectivity index (χ2v) is 4.41. The Morgan fingerprint density at radius 1 is 1.44 bits per heavy atom. The van der Waals surface area contributed by atoms with Crippen LogP contribution in [-0.4, -0.2) is 17.8 Å². The lowest BCUT2D eigenvalue weighted by Crippen LogP contribution is -2.28. The van der Waals surface area contributed by atoms with Gasteiger partial charge in [-0.15, -0.1) is 0 Å². The molecule has 0 heterocycles. The second-order valence-electron chi connectivity index (χ2n) is 4.01. The van der Waals surface area contributed by atoms with Crippen molar-refractivity contribution in [1.82, 2.24) is 4.90 Å². The second kappa shape index (κ2) is 5.90. The first-order chi connectivity index (χ1) is 7.57. The lowest BCUT2D eigenvalue weighted by Gasteiger charge is -2.28. The van der Waals surface area contributed by atoms with Crippen LogP contribution in [0.15, 0.2) is 24.3 Å². The van der Waals surface area contributed by atoms with E-state index in [9.17, 15) is 0 Å². The van der Waals surface area contributed by atoms with Gasteiger partial charge in [0, 0.05) is 18.5 Å². The molecule has 1 aromatic rings. The quantitative estimate of drug-likeness (QED) is 0.620. The van der Waals surface area contributed by atoms with Crippen molar-refractivity contribution < 1.29 is 0 Å². The molecule has 1 aromatic carbocycles. The minimum absolute atomic E-state index is 0.146. The summed E-state index contributed by atoms with van der Waals surface area (Å²) in [5.41, 5.74) is 1.08. The molecule has 0 spiro atoms. The van der Waals surface area contributed by atoms with Crippen molar-refractivity contribution in [1.29, 1.82) is 5.41 Å². The van der Waals surface area contributed by atoms with Gasteiger partial charge in [0.1, 0.15) is 0 Å².